The molecule has 0 saturated heterocycles. The monoisotopic (exact) mass is 260 g/mol. The van der Waals surface area contributed by atoms with Gasteiger partial charge in [-0.3, -0.25) is 0 Å². The summed E-state index contributed by atoms with van der Waals surface area (Å²) in [5.41, 5.74) is 11.1. The van der Waals surface area contributed by atoms with E-state index < -0.39 is 23.2 Å². The molecule has 0 aliphatic carbocycles. The lowest BCUT2D eigenvalue weighted by Crippen LogP contribution is -2.09. The maximum atomic E-state index is 13.1. The Balaban J connectivity index is 3.20. The normalized spacial score (nSPS) is 11.6. The molecule has 4 nitrogen and oxygen atoms in total. The molecule has 1 rings (SSSR count). The first-order chi connectivity index (χ1) is 8.36. The maximum Gasteiger partial charge on any atom is 0.417 e. The third-order valence-electron chi connectivity index (χ3n) is 2.02. The van der Waals surface area contributed by atoms with Crippen molar-refractivity contribution in [1.82, 2.24) is 0 Å². The summed E-state index contributed by atoms with van der Waals surface area (Å²) in [6.45, 7) is -0.125. The molecule has 1 aromatic carbocycles. The highest BCUT2D eigenvalue weighted by Crippen LogP contribution is 2.34. The van der Waals surface area contributed by atoms with Crippen molar-refractivity contribution in [2.24, 2.45) is 5.11 Å². The highest BCUT2D eigenvalue weighted by molar-refractivity contribution is 5.60. The topological polar surface area (TPSA) is 74.8 Å². The van der Waals surface area contributed by atoms with E-state index in [9.17, 15) is 17.6 Å². The van der Waals surface area contributed by atoms with E-state index >= 15 is 0 Å². The van der Waals surface area contributed by atoms with Gasteiger partial charge in [-0.1, -0.05) is 17.3 Å². The van der Waals surface area contributed by atoms with Crippen molar-refractivity contribution in [2.45, 2.75) is 6.18 Å². The quantitative estimate of drug-likeness (QED) is 0.290. The molecule has 0 amide bonds. The number of alkyl halides is 3. The molecular formula is C10H8F4N4. The first-order valence-electron chi connectivity index (χ1n) is 4.70. The van der Waals surface area contributed by atoms with Crippen molar-refractivity contribution in [3.8, 4) is 0 Å². The molecule has 0 aromatic heterocycles. The number of nitrogen functional groups attached to an aromatic ring is 1. The van der Waals surface area contributed by atoms with Crippen LogP contribution in [-0.4, -0.2) is 6.54 Å². The van der Waals surface area contributed by atoms with Crippen LogP contribution in [0, 0.1) is 5.82 Å². The molecule has 0 unspecified atom stereocenters. The molecule has 0 aliphatic rings. The van der Waals surface area contributed by atoms with Crippen molar-refractivity contribution in [3.05, 3.63) is 45.6 Å². The summed E-state index contributed by atoms with van der Waals surface area (Å²) in [6.07, 6.45) is -2.42. The average Bonchev–Trinajstić information content (AvgIpc) is 2.27. The standard InChI is InChI=1S/C10H8F4N4/c11-8-4-6(2-1-3-17-18-16)7(5-9(8)15)10(12,13)14/h1-2,4-5H,3,15H2. The molecule has 0 saturated carbocycles. The lowest BCUT2D eigenvalue weighted by Gasteiger charge is -2.11. The van der Waals surface area contributed by atoms with E-state index in [1.165, 1.54) is 6.08 Å². The van der Waals surface area contributed by atoms with Gasteiger partial charge < -0.3 is 5.73 Å². The van der Waals surface area contributed by atoms with E-state index in [0.29, 0.717) is 12.1 Å². The zero-order valence-electron chi connectivity index (χ0n) is 8.95. The van der Waals surface area contributed by atoms with Crippen molar-refractivity contribution >= 4 is 11.8 Å². The van der Waals surface area contributed by atoms with Crippen LogP contribution in [0.25, 0.3) is 16.5 Å². The molecule has 0 atom stereocenters. The van der Waals surface area contributed by atoms with E-state index in [1.54, 1.807) is 0 Å². The molecule has 0 fully saturated rings. The SMILES string of the molecule is [N-]=[N+]=NCC=Cc1cc(F)c(N)cc1C(F)(F)F. The predicted octanol–water partition coefficient (Wildman–Crippen LogP) is 3.75. The van der Waals surface area contributed by atoms with Crippen LogP contribution in [0.15, 0.2) is 23.3 Å². The second-order valence-electron chi connectivity index (χ2n) is 3.27. The molecular weight excluding hydrogens is 252 g/mol. The number of anilines is 1. The highest BCUT2D eigenvalue weighted by atomic mass is 19.4. The number of azide groups is 1. The van der Waals surface area contributed by atoms with Gasteiger partial charge in [0.05, 0.1) is 11.3 Å². The minimum Gasteiger partial charge on any atom is -0.396 e. The number of nitrogens with zero attached hydrogens (tertiary/aromatic N) is 3. The van der Waals surface area contributed by atoms with Crippen LogP contribution in [0.5, 0.6) is 0 Å². The van der Waals surface area contributed by atoms with Crippen LogP contribution in [-0.2, 0) is 6.18 Å². The van der Waals surface area contributed by atoms with E-state index in [0.717, 1.165) is 6.08 Å². The Morgan fingerprint density at radius 3 is 2.61 bits per heavy atom. The third-order valence-corrected chi connectivity index (χ3v) is 2.02. The molecule has 0 bridgehead atoms. The minimum absolute atomic E-state index is 0.125. The summed E-state index contributed by atoms with van der Waals surface area (Å²) in [5.74, 6) is -0.938. The van der Waals surface area contributed by atoms with Gasteiger partial charge in [0.15, 0.2) is 0 Å². The van der Waals surface area contributed by atoms with Gasteiger partial charge in [-0.15, -0.1) is 0 Å². The lowest BCUT2D eigenvalue weighted by molar-refractivity contribution is -0.137. The Labute approximate surface area is 99.3 Å². The Morgan fingerprint density at radius 2 is 2.06 bits per heavy atom. The van der Waals surface area contributed by atoms with E-state index in [-0.39, 0.29) is 12.1 Å². The predicted molar refractivity (Wildman–Crippen MR) is 58.9 cm³/mol. The molecule has 1 aromatic rings. The average molecular weight is 260 g/mol. The number of rotatable bonds is 3. The van der Waals surface area contributed by atoms with Crippen LogP contribution in [0.2, 0.25) is 0 Å². The van der Waals surface area contributed by atoms with Crippen LogP contribution < -0.4 is 5.73 Å². The zero-order chi connectivity index (χ0) is 13.8. The third kappa shape index (κ3) is 3.39. The van der Waals surface area contributed by atoms with Crippen molar-refractivity contribution in [3.63, 3.8) is 0 Å². The van der Waals surface area contributed by atoms with Crippen LogP contribution >= 0.6 is 0 Å². The van der Waals surface area contributed by atoms with Gasteiger partial charge in [0, 0.05) is 11.5 Å². The zero-order valence-corrected chi connectivity index (χ0v) is 8.95. The number of nitrogens with two attached hydrogens (primary N) is 1. The molecule has 8 heteroatoms. The molecule has 0 aliphatic heterocycles. The summed E-state index contributed by atoms with van der Waals surface area (Å²) >= 11 is 0. The number of hydrogen-bond acceptors (Lipinski definition) is 2. The number of hydrogen-bond donors (Lipinski definition) is 1. The fraction of sp³-hybridized carbons (Fsp3) is 0.200. The summed E-state index contributed by atoms with van der Waals surface area (Å²) in [6, 6.07) is 1.22. The van der Waals surface area contributed by atoms with Gasteiger partial charge >= 0.3 is 6.18 Å². The van der Waals surface area contributed by atoms with E-state index in [4.69, 9.17) is 11.3 Å². The van der Waals surface area contributed by atoms with Gasteiger partial charge in [-0.25, -0.2) is 4.39 Å². The van der Waals surface area contributed by atoms with Gasteiger partial charge in [-0.2, -0.15) is 13.2 Å². The summed E-state index contributed by atoms with van der Waals surface area (Å²) in [4.78, 5) is 2.43. The fourth-order valence-corrected chi connectivity index (χ4v) is 1.25. The molecule has 0 spiro atoms. The van der Waals surface area contributed by atoms with E-state index in [1.807, 2.05) is 0 Å². The summed E-state index contributed by atoms with van der Waals surface area (Å²) in [7, 11) is 0. The second kappa shape index (κ2) is 5.42. The van der Waals surface area contributed by atoms with Crippen LogP contribution in [0.3, 0.4) is 0 Å². The Bertz CT molecular complexity index is 515. The number of benzene rings is 1. The van der Waals surface area contributed by atoms with Gasteiger partial charge in [-0.05, 0) is 23.2 Å². The van der Waals surface area contributed by atoms with Crippen LogP contribution in [0.1, 0.15) is 11.1 Å². The van der Waals surface area contributed by atoms with Crippen molar-refractivity contribution in [2.75, 3.05) is 12.3 Å². The molecule has 18 heavy (non-hydrogen) atoms. The second-order valence-corrected chi connectivity index (χ2v) is 3.27. The molecule has 2 N–H and O–H groups in total. The first kappa shape index (κ1) is 13.9. The Kier molecular flexibility index (Phi) is 4.17. The summed E-state index contributed by atoms with van der Waals surface area (Å²) in [5, 5.41) is 3.11. The highest BCUT2D eigenvalue weighted by Gasteiger charge is 2.33. The van der Waals surface area contributed by atoms with Crippen molar-refractivity contribution in [1.29, 1.82) is 0 Å². The maximum absolute atomic E-state index is 13.1. The Hall–Kier alpha value is -2.21. The Morgan fingerprint density at radius 1 is 1.39 bits per heavy atom. The number of halogens is 4. The molecule has 0 heterocycles. The largest absolute Gasteiger partial charge is 0.417 e. The first-order valence-corrected chi connectivity index (χ1v) is 4.70. The van der Waals surface area contributed by atoms with E-state index in [2.05, 4.69) is 10.0 Å². The van der Waals surface area contributed by atoms with Gasteiger partial charge in [0.25, 0.3) is 0 Å². The summed E-state index contributed by atoms with van der Waals surface area (Å²) < 4.78 is 51.0. The van der Waals surface area contributed by atoms with Gasteiger partial charge in [0.1, 0.15) is 5.82 Å². The lowest BCUT2D eigenvalue weighted by atomic mass is 10.1. The smallest absolute Gasteiger partial charge is 0.396 e. The van der Waals surface area contributed by atoms with Gasteiger partial charge in [0.2, 0.25) is 0 Å². The minimum atomic E-state index is -4.64. The van der Waals surface area contributed by atoms with Crippen molar-refractivity contribution < 1.29 is 17.6 Å². The van der Waals surface area contributed by atoms with Crippen LogP contribution in [0.4, 0.5) is 23.2 Å². The molecule has 0 radical (unpaired) electrons. The molecule has 96 valence electrons. The fourth-order valence-electron chi connectivity index (χ4n) is 1.25.